The molecule has 1 spiro atoms. The molecule has 1 aromatic heterocycles. The molecule has 2 unspecified atom stereocenters. The number of halogens is 3. The maximum Gasteiger partial charge on any atom is 0.490 e. The molecule has 12 heteroatoms. The molecule has 0 bridgehead atoms. The van der Waals surface area contributed by atoms with E-state index in [0.29, 0.717) is 49.5 Å². The molecular formula is C23H30F3N3O5S. The number of cyclic esters (lactones) is 1. The lowest BCUT2D eigenvalue weighted by Crippen LogP contribution is -2.58. The number of alkyl halides is 3. The van der Waals surface area contributed by atoms with Gasteiger partial charge in [-0.3, -0.25) is 14.5 Å². The van der Waals surface area contributed by atoms with Crippen molar-refractivity contribution < 1.29 is 37.0 Å². The summed E-state index contributed by atoms with van der Waals surface area (Å²) in [5.41, 5.74) is 4.62. The van der Waals surface area contributed by atoms with E-state index in [1.165, 1.54) is 25.2 Å². The lowest BCUT2D eigenvalue weighted by Gasteiger charge is -2.46. The molecule has 2 atom stereocenters. The number of rotatable bonds is 3. The van der Waals surface area contributed by atoms with Crippen molar-refractivity contribution in [1.82, 2.24) is 9.80 Å². The van der Waals surface area contributed by atoms with Gasteiger partial charge in [0.1, 0.15) is 11.0 Å². The number of amides is 1. The van der Waals surface area contributed by atoms with E-state index in [9.17, 15) is 27.6 Å². The number of likely N-dealkylation sites (tertiary alicyclic amines) is 2. The first kappa shape index (κ1) is 25.7. The van der Waals surface area contributed by atoms with Crippen molar-refractivity contribution in [2.24, 2.45) is 5.41 Å². The SMILES string of the molecule is Cc1csc(N)c1C(=O)N1CCC(N2CCCC3(C2)C(=O)OC(C)(C)C3OC(=O)C(F)(F)F)CC1. The van der Waals surface area contributed by atoms with Crippen molar-refractivity contribution in [1.29, 1.82) is 0 Å². The third kappa shape index (κ3) is 4.62. The molecule has 0 aliphatic carbocycles. The Morgan fingerprint density at radius 1 is 1.23 bits per heavy atom. The number of carbonyl (C=O) groups excluding carboxylic acids is 3. The number of aryl methyl sites for hydroxylation is 1. The van der Waals surface area contributed by atoms with Crippen molar-refractivity contribution >= 4 is 34.2 Å². The van der Waals surface area contributed by atoms with Crippen molar-refractivity contribution in [3.63, 3.8) is 0 Å². The van der Waals surface area contributed by atoms with Crippen LogP contribution in [0.2, 0.25) is 0 Å². The number of esters is 2. The minimum absolute atomic E-state index is 0.0348. The van der Waals surface area contributed by atoms with Crippen LogP contribution in [0, 0.1) is 12.3 Å². The third-order valence-electron chi connectivity index (χ3n) is 7.39. The Labute approximate surface area is 205 Å². The fourth-order valence-corrected chi connectivity index (χ4v) is 6.52. The minimum Gasteiger partial charge on any atom is -0.455 e. The van der Waals surface area contributed by atoms with Crippen LogP contribution in [0.25, 0.3) is 0 Å². The fourth-order valence-electron chi connectivity index (χ4n) is 5.74. The van der Waals surface area contributed by atoms with E-state index in [2.05, 4.69) is 4.90 Å². The molecule has 3 saturated heterocycles. The Balaban J connectivity index is 1.47. The predicted octanol–water partition coefficient (Wildman–Crippen LogP) is 3.14. The normalized spacial score (nSPS) is 27.8. The van der Waals surface area contributed by atoms with Gasteiger partial charge in [0, 0.05) is 25.7 Å². The van der Waals surface area contributed by atoms with E-state index in [1.807, 2.05) is 12.3 Å². The largest absolute Gasteiger partial charge is 0.490 e. The Morgan fingerprint density at radius 3 is 2.46 bits per heavy atom. The van der Waals surface area contributed by atoms with Crippen LogP contribution >= 0.6 is 11.3 Å². The lowest BCUT2D eigenvalue weighted by atomic mass is 9.72. The molecule has 0 radical (unpaired) electrons. The number of nitrogens with zero attached hydrogens (tertiary/aromatic N) is 2. The molecule has 0 saturated carbocycles. The number of nitrogen functional groups attached to an aromatic ring is 1. The first-order chi connectivity index (χ1) is 16.3. The number of hydrogen-bond donors (Lipinski definition) is 1. The summed E-state index contributed by atoms with van der Waals surface area (Å²) in [5, 5.41) is 2.35. The summed E-state index contributed by atoms with van der Waals surface area (Å²) in [4.78, 5) is 41.5. The van der Waals surface area contributed by atoms with Crippen LogP contribution in [0.3, 0.4) is 0 Å². The smallest absolute Gasteiger partial charge is 0.455 e. The monoisotopic (exact) mass is 517 g/mol. The molecule has 2 N–H and O–H groups in total. The molecular weight excluding hydrogens is 487 g/mol. The number of hydrogen-bond acceptors (Lipinski definition) is 8. The number of ether oxygens (including phenoxy) is 2. The van der Waals surface area contributed by atoms with Gasteiger partial charge < -0.3 is 20.1 Å². The first-order valence-corrected chi connectivity index (χ1v) is 12.5. The van der Waals surface area contributed by atoms with Gasteiger partial charge in [-0.15, -0.1) is 11.3 Å². The Hall–Kier alpha value is -2.34. The molecule has 4 rings (SSSR count). The lowest BCUT2D eigenvalue weighted by molar-refractivity contribution is -0.215. The maximum absolute atomic E-state index is 13.0. The van der Waals surface area contributed by atoms with Gasteiger partial charge >= 0.3 is 18.1 Å². The molecule has 0 aromatic carbocycles. The van der Waals surface area contributed by atoms with E-state index in [1.54, 1.807) is 4.90 Å². The molecule has 1 amide bonds. The second kappa shape index (κ2) is 8.95. The van der Waals surface area contributed by atoms with Crippen LogP contribution in [-0.4, -0.2) is 77.7 Å². The van der Waals surface area contributed by atoms with Gasteiger partial charge in [0.15, 0.2) is 6.10 Å². The Bertz CT molecular complexity index is 999. The van der Waals surface area contributed by atoms with Gasteiger partial charge in [-0.2, -0.15) is 13.2 Å². The summed E-state index contributed by atoms with van der Waals surface area (Å²) in [7, 11) is 0. The zero-order valence-electron chi connectivity index (χ0n) is 19.9. The highest BCUT2D eigenvalue weighted by atomic mass is 32.1. The number of nitrogens with two attached hydrogens (primary N) is 1. The Kier molecular flexibility index (Phi) is 6.58. The van der Waals surface area contributed by atoms with Crippen LogP contribution < -0.4 is 5.73 Å². The van der Waals surface area contributed by atoms with Crippen molar-refractivity contribution in [3.05, 3.63) is 16.5 Å². The highest BCUT2D eigenvalue weighted by molar-refractivity contribution is 7.14. The summed E-state index contributed by atoms with van der Waals surface area (Å²) < 4.78 is 49.3. The van der Waals surface area contributed by atoms with Crippen LogP contribution in [0.15, 0.2) is 5.38 Å². The highest BCUT2D eigenvalue weighted by Gasteiger charge is 2.65. The summed E-state index contributed by atoms with van der Waals surface area (Å²) in [6.45, 7) is 6.59. The van der Waals surface area contributed by atoms with E-state index in [-0.39, 0.29) is 24.9 Å². The fraction of sp³-hybridized carbons (Fsp3) is 0.696. The van der Waals surface area contributed by atoms with Gasteiger partial charge in [-0.05, 0) is 63.9 Å². The van der Waals surface area contributed by atoms with Crippen LogP contribution in [0.1, 0.15) is 55.5 Å². The number of carbonyl (C=O) groups is 3. The average molecular weight is 518 g/mol. The van der Waals surface area contributed by atoms with E-state index >= 15 is 0 Å². The van der Waals surface area contributed by atoms with Gasteiger partial charge in [-0.1, -0.05) is 0 Å². The van der Waals surface area contributed by atoms with Gasteiger partial charge in [0.05, 0.1) is 10.6 Å². The first-order valence-electron chi connectivity index (χ1n) is 11.6. The Morgan fingerprint density at radius 2 is 1.89 bits per heavy atom. The van der Waals surface area contributed by atoms with Gasteiger partial charge in [-0.25, -0.2) is 4.79 Å². The average Bonchev–Trinajstić information content (AvgIpc) is 3.21. The molecule has 3 aliphatic heterocycles. The summed E-state index contributed by atoms with van der Waals surface area (Å²) >= 11 is 1.34. The van der Waals surface area contributed by atoms with Gasteiger partial charge in [0.25, 0.3) is 5.91 Å². The van der Waals surface area contributed by atoms with E-state index in [4.69, 9.17) is 15.2 Å². The quantitative estimate of drug-likeness (QED) is 0.615. The zero-order valence-corrected chi connectivity index (χ0v) is 20.8. The summed E-state index contributed by atoms with van der Waals surface area (Å²) in [5.74, 6) is -3.06. The van der Waals surface area contributed by atoms with E-state index < -0.39 is 35.2 Å². The van der Waals surface area contributed by atoms with Crippen LogP contribution in [0.4, 0.5) is 18.2 Å². The maximum atomic E-state index is 13.0. The predicted molar refractivity (Wildman–Crippen MR) is 122 cm³/mol. The second-order valence-corrected chi connectivity index (χ2v) is 11.1. The summed E-state index contributed by atoms with van der Waals surface area (Å²) in [6.07, 6.45) is -4.40. The molecule has 3 fully saturated rings. The topological polar surface area (TPSA) is 102 Å². The molecule has 1 aromatic rings. The molecule has 3 aliphatic rings. The highest BCUT2D eigenvalue weighted by Crippen LogP contribution is 2.49. The number of thiophene rings is 1. The van der Waals surface area contributed by atoms with Crippen molar-refractivity contribution in [3.8, 4) is 0 Å². The van der Waals surface area contributed by atoms with Gasteiger partial charge in [0.2, 0.25) is 0 Å². The zero-order chi connectivity index (χ0) is 25.8. The molecule has 194 valence electrons. The number of anilines is 1. The van der Waals surface area contributed by atoms with Crippen LogP contribution in [-0.2, 0) is 19.1 Å². The van der Waals surface area contributed by atoms with E-state index in [0.717, 1.165) is 5.56 Å². The molecule has 35 heavy (non-hydrogen) atoms. The third-order valence-corrected chi connectivity index (χ3v) is 8.32. The van der Waals surface area contributed by atoms with Crippen LogP contribution in [0.5, 0.6) is 0 Å². The second-order valence-electron chi connectivity index (χ2n) is 10.2. The summed E-state index contributed by atoms with van der Waals surface area (Å²) in [6, 6.07) is 0.0348. The standard InChI is InChI=1S/C23H30F3N3O5S/c1-13-11-35-16(27)15(13)17(30)28-9-5-14(6-10-28)29-8-4-7-22(12-29)18(21(2,3)34-19(22)31)33-20(32)23(24,25)26/h11,14,18H,4-10,12,27H2,1-3H3. The van der Waals surface area contributed by atoms with Crippen molar-refractivity contribution in [2.45, 2.75) is 70.4 Å². The minimum atomic E-state index is -5.17. The molecule has 4 heterocycles. The molecule has 8 nitrogen and oxygen atoms in total. The van der Waals surface area contributed by atoms with Crippen molar-refractivity contribution in [2.75, 3.05) is 31.9 Å². The number of piperidine rings is 2.